The van der Waals surface area contributed by atoms with E-state index in [4.69, 9.17) is 9.26 Å². The molecule has 2 aromatic carbocycles. The van der Waals surface area contributed by atoms with Gasteiger partial charge in [-0.05, 0) is 24.3 Å². The van der Waals surface area contributed by atoms with Gasteiger partial charge >= 0.3 is 0 Å². The largest absolute Gasteiger partial charge is 0.497 e. The molecule has 0 spiro atoms. The van der Waals surface area contributed by atoms with E-state index >= 15 is 0 Å². The summed E-state index contributed by atoms with van der Waals surface area (Å²) in [5, 5.41) is 4.29. The van der Waals surface area contributed by atoms with Gasteiger partial charge in [0.1, 0.15) is 11.6 Å². The lowest BCUT2D eigenvalue weighted by atomic mass is 10.1. The number of methoxy groups -OCH3 is 1. The molecule has 2 heterocycles. The van der Waals surface area contributed by atoms with E-state index in [9.17, 15) is 9.18 Å². The second-order valence-corrected chi connectivity index (χ2v) is 6.94. The van der Waals surface area contributed by atoms with E-state index in [1.807, 2.05) is 18.2 Å². The fraction of sp³-hybridized carbons (Fsp3) is 0.100. The molecule has 0 aliphatic heterocycles. The lowest BCUT2D eigenvalue weighted by Gasteiger charge is -2.05. The standard InChI is InChI=1S/C20H15FN4O3S/c1-27-15-7-3-4-12(9-15)16-10-17(26)23-20(22-16)29-11-18-24-19(25-28-18)13-5-2-6-14(21)8-13/h2-10H,11H2,1H3,(H,22,23,26). The van der Waals surface area contributed by atoms with Gasteiger partial charge in [0, 0.05) is 17.2 Å². The maximum absolute atomic E-state index is 13.4. The molecule has 0 aliphatic rings. The fourth-order valence-corrected chi connectivity index (χ4v) is 3.34. The Hall–Kier alpha value is -3.46. The third-order valence-corrected chi connectivity index (χ3v) is 4.83. The third-order valence-electron chi connectivity index (χ3n) is 3.97. The van der Waals surface area contributed by atoms with Crippen molar-refractivity contribution in [3.05, 3.63) is 76.7 Å². The van der Waals surface area contributed by atoms with E-state index in [-0.39, 0.29) is 11.4 Å². The predicted octanol–water partition coefficient (Wildman–Crippen LogP) is 3.93. The zero-order chi connectivity index (χ0) is 20.2. The summed E-state index contributed by atoms with van der Waals surface area (Å²) in [6.45, 7) is 0. The maximum atomic E-state index is 13.4. The monoisotopic (exact) mass is 410 g/mol. The number of hydrogen-bond donors (Lipinski definition) is 1. The summed E-state index contributed by atoms with van der Waals surface area (Å²) in [6, 6.07) is 14.7. The Morgan fingerprint density at radius 3 is 2.76 bits per heavy atom. The Morgan fingerprint density at radius 1 is 1.10 bits per heavy atom. The Labute approximate surface area is 169 Å². The van der Waals surface area contributed by atoms with Crippen molar-refractivity contribution in [2.75, 3.05) is 7.11 Å². The van der Waals surface area contributed by atoms with Crippen LogP contribution in [0.2, 0.25) is 0 Å². The smallest absolute Gasteiger partial charge is 0.252 e. The van der Waals surface area contributed by atoms with Gasteiger partial charge < -0.3 is 14.2 Å². The van der Waals surface area contributed by atoms with Crippen molar-refractivity contribution < 1.29 is 13.7 Å². The number of halogens is 1. The first-order valence-corrected chi connectivity index (χ1v) is 9.56. The van der Waals surface area contributed by atoms with E-state index in [0.29, 0.717) is 39.6 Å². The van der Waals surface area contributed by atoms with E-state index in [2.05, 4.69) is 20.1 Å². The van der Waals surface area contributed by atoms with Crippen molar-refractivity contribution in [3.63, 3.8) is 0 Å². The fourth-order valence-electron chi connectivity index (χ4n) is 2.62. The summed E-state index contributed by atoms with van der Waals surface area (Å²) in [4.78, 5) is 23.5. The minimum atomic E-state index is -0.376. The third kappa shape index (κ3) is 4.52. The molecule has 0 atom stereocenters. The highest BCUT2D eigenvalue weighted by Gasteiger charge is 2.12. The lowest BCUT2D eigenvalue weighted by Crippen LogP contribution is -2.08. The highest BCUT2D eigenvalue weighted by Crippen LogP contribution is 2.25. The molecule has 146 valence electrons. The number of hydrogen-bond acceptors (Lipinski definition) is 7. The molecule has 0 unspecified atom stereocenters. The van der Waals surface area contributed by atoms with Gasteiger partial charge in [-0.2, -0.15) is 4.98 Å². The normalized spacial score (nSPS) is 10.8. The zero-order valence-electron chi connectivity index (χ0n) is 15.3. The summed E-state index contributed by atoms with van der Waals surface area (Å²) in [5.41, 5.74) is 1.55. The van der Waals surface area contributed by atoms with Crippen LogP contribution in [0.15, 0.2) is 69.1 Å². The highest BCUT2D eigenvalue weighted by molar-refractivity contribution is 7.98. The Kier molecular flexibility index (Phi) is 5.39. The van der Waals surface area contributed by atoms with Crippen molar-refractivity contribution in [3.8, 4) is 28.4 Å². The summed E-state index contributed by atoms with van der Waals surface area (Å²) in [5.74, 6) is 1.23. The summed E-state index contributed by atoms with van der Waals surface area (Å²) in [6.07, 6.45) is 0. The van der Waals surface area contributed by atoms with Gasteiger partial charge in [0.25, 0.3) is 5.56 Å². The highest BCUT2D eigenvalue weighted by atomic mass is 32.2. The van der Waals surface area contributed by atoms with Crippen LogP contribution in [-0.4, -0.2) is 27.2 Å². The molecular weight excluding hydrogens is 395 g/mol. The molecule has 1 N–H and O–H groups in total. The first-order chi connectivity index (χ1) is 14.1. The average molecular weight is 410 g/mol. The zero-order valence-corrected chi connectivity index (χ0v) is 16.1. The molecule has 0 fully saturated rings. The van der Waals surface area contributed by atoms with Gasteiger partial charge in [0.15, 0.2) is 5.16 Å². The Morgan fingerprint density at radius 2 is 1.93 bits per heavy atom. The maximum Gasteiger partial charge on any atom is 0.252 e. The first kappa shape index (κ1) is 18.9. The van der Waals surface area contributed by atoms with Gasteiger partial charge in [-0.3, -0.25) is 4.79 Å². The van der Waals surface area contributed by atoms with Crippen LogP contribution in [0.4, 0.5) is 4.39 Å². The molecule has 2 aromatic heterocycles. The van der Waals surface area contributed by atoms with Gasteiger partial charge in [0.2, 0.25) is 11.7 Å². The van der Waals surface area contributed by atoms with Crippen molar-refractivity contribution in [2.24, 2.45) is 0 Å². The van der Waals surface area contributed by atoms with Crippen molar-refractivity contribution >= 4 is 11.8 Å². The number of ether oxygens (including phenoxy) is 1. The minimum Gasteiger partial charge on any atom is -0.497 e. The van der Waals surface area contributed by atoms with Crippen LogP contribution in [0.25, 0.3) is 22.6 Å². The van der Waals surface area contributed by atoms with Crippen molar-refractivity contribution in [2.45, 2.75) is 10.9 Å². The molecule has 9 heteroatoms. The van der Waals surface area contributed by atoms with Crippen LogP contribution in [0.1, 0.15) is 5.89 Å². The minimum absolute atomic E-state index is 0.272. The molecule has 29 heavy (non-hydrogen) atoms. The number of H-pyrrole nitrogens is 1. The molecular formula is C20H15FN4O3S. The Bertz CT molecular complexity index is 1210. The SMILES string of the molecule is COc1cccc(-c2cc(=O)[nH]c(SCc3nc(-c4cccc(F)c4)no3)n2)c1. The Balaban J connectivity index is 1.52. The van der Waals surface area contributed by atoms with E-state index in [1.54, 1.807) is 25.3 Å². The lowest BCUT2D eigenvalue weighted by molar-refractivity contribution is 0.391. The van der Waals surface area contributed by atoms with Gasteiger partial charge in [-0.25, -0.2) is 9.37 Å². The first-order valence-electron chi connectivity index (χ1n) is 8.58. The number of aromatic amines is 1. The van der Waals surface area contributed by atoms with E-state index < -0.39 is 0 Å². The number of rotatable bonds is 6. The molecule has 4 aromatic rings. The molecule has 4 rings (SSSR count). The molecule has 0 aliphatic carbocycles. The number of nitrogens with one attached hydrogen (secondary N) is 1. The quantitative estimate of drug-likeness (QED) is 0.380. The van der Waals surface area contributed by atoms with Crippen LogP contribution in [0, 0.1) is 5.82 Å². The van der Waals surface area contributed by atoms with Crippen molar-refractivity contribution in [1.29, 1.82) is 0 Å². The van der Waals surface area contributed by atoms with Crippen LogP contribution < -0.4 is 10.3 Å². The molecule has 0 saturated carbocycles. The second kappa shape index (κ2) is 8.27. The van der Waals surface area contributed by atoms with E-state index in [0.717, 1.165) is 5.56 Å². The average Bonchev–Trinajstić information content (AvgIpc) is 3.21. The molecule has 0 saturated heterocycles. The summed E-state index contributed by atoms with van der Waals surface area (Å²) in [7, 11) is 1.58. The predicted molar refractivity (Wildman–Crippen MR) is 106 cm³/mol. The van der Waals surface area contributed by atoms with Crippen LogP contribution in [0.3, 0.4) is 0 Å². The van der Waals surface area contributed by atoms with Gasteiger partial charge in [0.05, 0.1) is 18.6 Å². The van der Waals surface area contributed by atoms with Crippen LogP contribution in [0.5, 0.6) is 5.75 Å². The molecule has 0 amide bonds. The van der Waals surface area contributed by atoms with E-state index in [1.165, 1.54) is 30.0 Å². The van der Waals surface area contributed by atoms with Crippen molar-refractivity contribution in [1.82, 2.24) is 20.1 Å². The molecule has 0 radical (unpaired) electrons. The van der Waals surface area contributed by atoms with Crippen LogP contribution >= 0.6 is 11.8 Å². The summed E-state index contributed by atoms with van der Waals surface area (Å²) >= 11 is 1.25. The van der Waals surface area contributed by atoms with Gasteiger partial charge in [-0.1, -0.05) is 41.2 Å². The number of aromatic nitrogens is 4. The number of nitrogens with zero attached hydrogens (tertiary/aromatic N) is 3. The van der Waals surface area contributed by atoms with Crippen LogP contribution in [-0.2, 0) is 5.75 Å². The number of benzene rings is 2. The van der Waals surface area contributed by atoms with Gasteiger partial charge in [-0.15, -0.1) is 0 Å². The summed E-state index contributed by atoms with van der Waals surface area (Å²) < 4.78 is 23.8. The molecule has 7 nitrogen and oxygen atoms in total. The second-order valence-electron chi connectivity index (χ2n) is 5.98. The topological polar surface area (TPSA) is 93.9 Å². The number of thioether (sulfide) groups is 1. The molecule has 0 bridgehead atoms.